The van der Waals surface area contributed by atoms with Crippen LogP contribution in [0.15, 0.2) is 0 Å². The minimum absolute atomic E-state index is 0.00536. The molecule has 0 bridgehead atoms. The molecule has 0 aromatic carbocycles. The van der Waals surface area contributed by atoms with Crippen molar-refractivity contribution >= 4 is 52.6 Å². The Morgan fingerprint density at radius 2 is 1.67 bits per heavy atom. The number of carbonyl (C=O) groups excluding carboxylic acids is 2. The van der Waals surface area contributed by atoms with E-state index in [4.69, 9.17) is 59.2 Å². The summed E-state index contributed by atoms with van der Waals surface area (Å²) in [5.41, 5.74) is 0. The van der Waals surface area contributed by atoms with Crippen molar-refractivity contribution in [1.82, 2.24) is 0 Å². The number of esters is 2. The molecular formula is C14H20Cl3NO6. The monoisotopic (exact) mass is 403 g/mol. The zero-order valence-corrected chi connectivity index (χ0v) is 15.9. The molecule has 0 amide bonds. The second kappa shape index (κ2) is 8.56. The molecule has 0 aromatic rings. The quantitative estimate of drug-likeness (QED) is 0.335. The number of hydrogen-bond acceptors (Lipinski definition) is 7. The summed E-state index contributed by atoms with van der Waals surface area (Å²) in [6.45, 7) is 6.22. The van der Waals surface area contributed by atoms with Crippen molar-refractivity contribution in [2.75, 3.05) is 6.61 Å². The summed E-state index contributed by atoms with van der Waals surface area (Å²) >= 11 is 16.8. The number of carbonyl (C=O) groups is 2. The third-order valence-electron chi connectivity index (χ3n) is 3.76. The van der Waals surface area contributed by atoms with Gasteiger partial charge < -0.3 is 18.9 Å². The van der Waals surface area contributed by atoms with Crippen molar-refractivity contribution in [2.24, 2.45) is 11.8 Å². The Labute approximate surface area is 155 Å². The van der Waals surface area contributed by atoms with E-state index < -0.39 is 40.1 Å². The van der Waals surface area contributed by atoms with Crippen molar-refractivity contribution < 1.29 is 28.5 Å². The van der Waals surface area contributed by atoms with Gasteiger partial charge in [-0.3, -0.25) is 15.0 Å². The van der Waals surface area contributed by atoms with Gasteiger partial charge in [0, 0.05) is 19.8 Å². The molecule has 1 N–H and O–H groups in total. The van der Waals surface area contributed by atoms with Gasteiger partial charge in [0.1, 0.15) is 6.61 Å². The Kier molecular flexibility index (Phi) is 7.59. The summed E-state index contributed by atoms with van der Waals surface area (Å²) in [5.74, 6) is -1.98. The number of halogens is 3. The highest BCUT2D eigenvalue weighted by Gasteiger charge is 2.46. The van der Waals surface area contributed by atoms with Gasteiger partial charge in [-0.1, -0.05) is 48.7 Å². The molecular weight excluding hydrogens is 385 g/mol. The van der Waals surface area contributed by atoms with Gasteiger partial charge in [0.25, 0.3) is 3.79 Å². The highest BCUT2D eigenvalue weighted by atomic mass is 35.6. The second-order valence-electron chi connectivity index (χ2n) is 5.58. The van der Waals surface area contributed by atoms with Gasteiger partial charge >= 0.3 is 11.9 Å². The van der Waals surface area contributed by atoms with Crippen molar-refractivity contribution in [2.45, 2.75) is 50.0 Å². The van der Waals surface area contributed by atoms with Crippen molar-refractivity contribution in [3.63, 3.8) is 0 Å². The third kappa shape index (κ3) is 5.95. The largest absolute Gasteiger partial charge is 0.463 e. The lowest BCUT2D eigenvalue weighted by molar-refractivity contribution is -0.258. The molecule has 0 unspecified atom stereocenters. The minimum Gasteiger partial charge on any atom is -0.463 e. The Morgan fingerprint density at radius 3 is 2.12 bits per heavy atom. The van der Waals surface area contributed by atoms with Crippen LogP contribution in [0.3, 0.4) is 0 Å². The van der Waals surface area contributed by atoms with Crippen molar-refractivity contribution in [3.05, 3.63) is 0 Å². The molecule has 0 aromatic heterocycles. The minimum atomic E-state index is -2.08. The van der Waals surface area contributed by atoms with Crippen LogP contribution >= 0.6 is 34.8 Å². The van der Waals surface area contributed by atoms with E-state index in [1.165, 1.54) is 13.8 Å². The first-order chi connectivity index (χ1) is 10.9. The van der Waals surface area contributed by atoms with E-state index in [2.05, 4.69) is 0 Å². The van der Waals surface area contributed by atoms with E-state index in [1.54, 1.807) is 0 Å². The lowest BCUT2D eigenvalue weighted by Crippen LogP contribution is -2.54. The van der Waals surface area contributed by atoms with E-state index in [1.807, 2.05) is 13.8 Å². The number of nitrogens with one attached hydrogen (secondary N) is 1. The van der Waals surface area contributed by atoms with E-state index in [0.29, 0.717) is 0 Å². The summed E-state index contributed by atoms with van der Waals surface area (Å²) in [6, 6.07) is 0. The molecule has 138 valence electrons. The SMILES string of the molecule is CC(=O)OC[C@H]1O[C@@H](OC(=N)C(Cl)(Cl)Cl)[C@H](OC(C)=O)[C@@H](C)[C@@H]1C. The maximum absolute atomic E-state index is 11.4. The average Bonchev–Trinajstić information content (AvgIpc) is 2.43. The Balaban J connectivity index is 2.95. The molecule has 7 nitrogen and oxygen atoms in total. The van der Waals surface area contributed by atoms with E-state index in [-0.39, 0.29) is 18.4 Å². The number of rotatable bonds is 4. The molecule has 0 saturated carbocycles. The lowest BCUT2D eigenvalue weighted by atomic mass is 9.83. The topological polar surface area (TPSA) is 94.9 Å². The molecule has 0 spiro atoms. The molecule has 1 fully saturated rings. The van der Waals surface area contributed by atoms with Crippen LogP contribution in [-0.2, 0) is 28.5 Å². The maximum atomic E-state index is 11.4. The lowest BCUT2D eigenvalue weighted by Gasteiger charge is -2.43. The molecule has 1 heterocycles. The van der Waals surface area contributed by atoms with E-state index in [0.717, 1.165) is 0 Å². The summed E-state index contributed by atoms with van der Waals surface area (Å²) in [4.78, 5) is 22.4. The highest BCUT2D eigenvalue weighted by Crippen LogP contribution is 2.36. The van der Waals surface area contributed by atoms with Crippen LogP contribution < -0.4 is 0 Å². The predicted octanol–water partition coefficient (Wildman–Crippen LogP) is 2.84. The zero-order chi connectivity index (χ0) is 18.7. The fraction of sp³-hybridized carbons (Fsp3) is 0.786. The van der Waals surface area contributed by atoms with Crippen LogP contribution in [0, 0.1) is 17.2 Å². The van der Waals surface area contributed by atoms with Gasteiger partial charge in [-0.05, 0) is 5.92 Å². The molecule has 5 atom stereocenters. The highest BCUT2D eigenvalue weighted by molar-refractivity contribution is 6.76. The van der Waals surface area contributed by atoms with Gasteiger partial charge in [0.05, 0.1) is 6.10 Å². The summed E-state index contributed by atoms with van der Waals surface area (Å²) < 4.78 is 19.1. The average molecular weight is 405 g/mol. The summed E-state index contributed by atoms with van der Waals surface area (Å²) in [6.07, 6.45) is -2.49. The van der Waals surface area contributed by atoms with Crippen LogP contribution in [0.25, 0.3) is 0 Å². The Hall–Kier alpha value is -0.760. The number of hydrogen-bond donors (Lipinski definition) is 1. The van der Waals surface area contributed by atoms with E-state index in [9.17, 15) is 9.59 Å². The fourth-order valence-corrected chi connectivity index (χ4v) is 2.42. The maximum Gasteiger partial charge on any atom is 0.303 e. The first-order valence-electron chi connectivity index (χ1n) is 7.22. The van der Waals surface area contributed by atoms with Crippen LogP contribution in [0.5, 0.6) is 0 Å². The van der Waals surface area contributed by atoms with Gasteiger partial charge in [0.15, 0.2) is 6.10 Å². The number of alkyl halides is 3. The molecule has 1 saturated heterocycles. The molecule has 1 aliphatic heterocycles. The van der Waals surface area contributed by atoms with Gasteiger partial charge in [-0.25, -0.2) is 0 Å². The van der Waals surface area contributed by atoms with Gasteiger partial charge in [0.2, 0.25) is 12.2 Å². The van der Waals surface area contributed by atoms with Crippen molar-refractivity contribution in [1.29, 1.82) is 5.41 Å². The fourth-order valence-electron chi connectivity index (χ4n) is 2.28. The molecule has 1 rings (SSSR count). The normalized spacial score (nSPS) is 30.4. The first-order valence-corrected chi connectivity index (χ1v) is 8.35. The van der Waals surface area contributed by atoms with Crippen LogP contribution in [-0.4, -0.2) is 46.7 Å². The molecule has 10 heteroatoms. The second-order valence-corrected chi connectivity index (χ2v) is 7.86. The zero-order valence-electron chi connectivity index (χ0n) is 13.7. The smallest absolute Gasteiger partial charge is 0.303 e. The first kappa shape index (κ1) is 21.3. The summed E-state index contributed by atoms with van der Waals surface area (Å²) in [5, 5.41) is 7.68. The molecule has 0 aliphatic carbocycles. The third-order valence-corrected chi connectivity index (χ3v) is 4.27. The molecule has 24 heavy (non-hydrogen) atoms. The Morgan fingerprint density at radius 1 is 1.08 bits per heavy atom. The van der Waals surface area contributed by atoms with Crippen LogP contribution in [0.1, 0.15) is 27.7 Å². The van der Waals surface area contributed by atoms with Crippen LogP contribution in [0.2, 0.25) is 0 Å². The van der Waals surface area contributed by atoms with Gasteiger partial charge in [-0.15, -0.1) is 0 Å². The summed E-state index contributed by atoms with van der Waals surface area (Å²) in [7, 11) is 0. The van der Waals surface area contributed by atoms with Gasteiger partial charge in [-0.2, -0.15) is 0 Å². The Bertz CT molecular complexity index is 493. The van der Waals surface area contributed by atoms with Crippen LogP contribution in [0.4, 0.5) is 0 Å². The number of ether oxygens (including phenoxy) is 4. The van der Waals surface area contributed by atoms with Crippen molar-refractivity contribution in [3.8, 4) is 0 Å². The molecule has 1 aliphatic rings. The predicted molar refractivity (Wildman–Crippen MR) is 88.3 cm³/mol. The standard InChI is InChI=1S/C14H20Cl3NO6/c1-6-7(2)11(22-9(4)20)12(24-13(18)14(15,16)17)23-10(6)5-21-8(3)19/h6-7,10-12,18H,5H2,1-4H3/t6-,7-,10+,11+,12-/m0/s1. The molecule has 0 radical (unpaired) electrons. The van der Waals surface area contributed by atoms with E-state index >= 15 is 0 Å².